The van der Waals surface area contributed by atoms with E-state index in [1.54, 1.807) is 19.6 Å². The van der Waals surface area contributed by atoms with Gasteiger partial charge in [0.15, 0.2) is 6.10 Å². The van der Waals surface area contributed by atoms with Gasteiger partial charge in [-0.05, 0) is 91.1 Å². The summed E-state index contributed by atoms with van der Waals surface area (Å²) in [5, 5.41) is 0. The summed E-state index contributed by atoms with van der Waals surface area (Å²) in [6.07, 6.45) is 13.2. The van der Waals surface area contributed by atoms with Crippen LogP contribution in [0.4, 0.5) is 0 Å². The van der Waals surface area contributed by atoms with E-state index >= 15 is 0 Å². The minimum absolute atomic E-state index is 0.173. The molecule has 0 bridgehead atoms. The van der Waals surface area contributed by atoms with Crippen molar-refractivity contribution in [2.75, 3.05) is 7.11 Å². The van der Waals surface area contributed by atoms with Crippen LogP contribution in [0.1, 0.15) is 103 Å². The van der Waals surface area contributed by atoms with E-state index in [-0.39, 0.29) is 17.5 Å². The molecule has 38 heavy (non-hydrogen) atoms. The van der Waals surface area contributed by atoms with Crippen molar-refractivity contribution < 1.29 is 18.7 Å². The molecule has 5 rings (SSSR count). The topological polar surface area (TPSA) is 48.7 Å². The lowest BCUT2D eigenvalue weighted by Gasteiger charge is -2.65. The number of ether oxygens (including phenoxy) is 2. The van der Waals surface area contributed by atoms with Gasteiger partial charge in [-0.1, -0.05) is 76.1 Å². The lowest BCUT2D eigenvalue weighted by molar-refractivity contribution is -0.168. The molecular weight excluding hydrogens is 472 g/mol. The fourth-order valence-corrected chi connectivity index (χ4v) is 9.19. The number of hydrogen-bond donors (Lipinski definition) is 0. The molecule has 0 spiro atoms. The zero-order valence-corrected chi connectivity index (χ0v) is 24.2. The Balaban J connectivity index is 1.44. The SMILES string of the molecule is CO[C@H](C(=O)O[C@@H](C[C@@H]1C(C)=CC[C@H]2[C@@]1(C)CC[C@H]1C(C)(C)CCC[C@]21C)c1ccoc1)c1ccccc1. The van der Waals surface area contributed by atoms with Gasteiger partial charge in [0.1, 0.15) is 6.10 Å². The van der Waals surface area contributed by atoms with E-state index in [1.807, 2.05) is 36.4 Å². The highest BCUT2D eigenvalue weighted by Gasteiger charge is 2.60. The van der Waals surface area contributed by atoms with Gasteiger partial charge in [-0.3, -0.25) is 0 Å². The second kappa shape index (κ2) is 10.3. The Morgan fingerprint density at radius 1 is 1.00 bits per heavy atom. The van der Waals surface area contributed by atoms with Crippen molar-refractivity contribution in [3.8, 4) is 0 Å². The van der Waals surface area contributed by atoms with Gasteiger partial charge in [0, 0.05) is 12.7 Å². The monoisotopic (exact) mass is 518 g/mol. The summed E-state index contributed by atoms with van der Waals surface area (Å²) < 4.78 is 17.4. The number of hydrogen-bond acceptors (Lipinski definition) is 4. The molecule has 0 radical (unpaired) electrons. The second-order valence-electron chi connectivity index (χ2n) is 13.5. The maximum atomic E-state index is 13.5. The van der Waals surface area contributed by atoms with Crippen molar-refractivity contribution in [1.29, 1.82) is 0 Å². The Kier molecular flexibility index (Phi) is 7.41. The average Bonchev–Trinajstić information content (AvgIpc) is 3.41. The summed E-state index contributed by atoms with van der Waals surface area (Å²) in [7, 11) is 1.57. The summed E-state index contributed by atoms with van der Waals surface area (Å²) in [6.45, 7) is 12.4. The van der Waals surface area contributed by atoms with Crippen molar-refractivity contribution in [3.05, 3.63) is 71.7 Å². The first kappa shape index (κ1) is 27.2. The molecule has 1 aromatic carbocycles. The molecular formula is C34H46O4. The molecule has 2 fully saturated rings. The predicted molar refractivity (Wildman–Crippen MR) is 150 cm³/mol. The molecule has 4 nitrogen and oxygen atoms in total. The smallest absolute Gasteiger partial charge is 0.340 e. The number of fused-ring (bicyclic) bond motifs is 3. The fourth-order valence-electron chi connectivity index (χ4n) is 9.19. The maximum Gasteiger partial charge on any atom is 0.340 e. The average molecular weight is 519 g/mol. The number of esters is 1. The highest BCUT2D eigenvalue weighted by Crippen LogP contribution is 2.69. The molecule has 7 atom stereocenters. The van der Waals surface area contributed by atoms with Crippen LogP contribution in [-0.4, -0.2) is 13.1 Å². The molecule has 206 valence electrons. The summed E-state index contributed by atoms with van der Waals surface area (Å²) in [5.41, 5.74) is 4.08. The number of allylic oxidation sites excluding steroid dienone is 2. The second-order valence-corrected chi connectivity index (χ2v) is 13.5. The normalized spacial score (nSPS) is 33.8. The summed E-state index contributed by atoms with van der Waals surface area (Å²) in [5.74, 6) is 1.40. The number of benzene rings is 1. The van der Waals surface area contributed by atoms with Gasteiger partial charge in [0.2, 0.25) is 0 Å². The highest BCUT2D eigenvalue weighted by atomic mass is 16.6. The number of carbonyl (C=O) groups is 1. The molecule has 3 aliphatic carbocycles. The van der Waals surface area contributed by atoms with Crippen LogP contribution >= 0.6 is 0 Å². The Labute approximate surface area is 229 Å². The van der Waals surface area contributed by atoms with Crippen molar-refractivity contribution >= 4 is 5.97 Å². The third kappa shape index (κ3) is 4.68. The van der Waals surface area contributed by atoms with Crippen LogP contribution < -0.4 is 0 Å². The number of methoxy groups -OCH3 is 1. The number of carbonyl (C=O) groups excluding carboxylic acids is 1. The summed E-state index contributed by atoms with van der Waals surface area (Å²) >= 11 is 0. The van der Waals surface area contributed by atoms with Crippen LogP contribution in [0.15, 0.2) is 65.0 Å². The first-order valence-electron chi connectivity index (χ1n) is 14.6. The van der Waals surface area contributed by atoms with E-state index in [9.17, 15) is 4.79 Å². The minimum Gasteiger partial charge on any atom is -0.472 e. The van der Waals surface area contributed by atoms with E-state index in [4.69, 9.17) is 13.9 Å². The minimum atomic E-state index is -0.754. The number of furan rings is 1. The molecule has 4 heteroatoms. The highest BCUT2D eigenvalue weighted by molar-refractivity contribution is 5.76. The summed E-state index contributed by atoms with van der Waals surface area (Å²) in [4.78, 5) is 13.5. The Morgan fingerprint density at radius 2 is 1.76 bits per heavy atom. The Morgan fingerprint density at radius 3 is 2.45 bits per heavy atom. The van der Waals surface area contributed by atoms with Gasteiger partial charge < -0.3 is 13.9 Å². The number of rotatable bonds is 7. The van der Waals surface area contributed by atoms with Gasteiger partial charge in [-0.25, -0.2) is 4.79 Å². The maximum absolute atomic E-state index is 13.5. The van der Waals surface area contributed by atoms with Gasteiger partial charge >= 0.3 is 5.97 Å². The molecule has 2 saturated carbocycles. The lowest BCUT2D eigenvalue weighted by Crippen LogP contribution is -2.57. The fraction of sp³-hybridized carbons (Fsp3) is 0.618. The van der Waals surface area contributed by atoms with Gasteiger partial charge in [0.05, 0.1) is 12.5 Å². The lowest BCUT2D eigenvalue weighted by atomic mass is 9.39. The molecule has 1 heterocycles. The van der Waals surface area contributed by atoms with E-state index in [2.05, 4.69) is 40.7 Å². The van der Waals surface area contributed by atoms with Gasteiger partial charge in [-0.15, -0.1) is 0 Å². The third-order valence-electron chi connectivity index (χ3n) is 11.0. The largest absolute Gasteiger partial charge is 0.472 e. The molecule has 0 amide bonds. The molecule has 0 aliphatic heterocycles. The third-order valence-corrected chi connectivity index (χ3v) is 11.0. The Bertz CT molecular complexity index is 1130. The van der Waals surface area contributed by atoms with Gasteiger partial charge in [-0.2, -0.15) is 0 Å². The zero-order chi connectivity index (χ0) is 27.1. The van der Waals surface area contributed by atoms with Crippen LogP contribution in [0.3, 0.4) is 0 Å². The van der Waals surface area contributed by atoms with E-state index in [0.717, 1.165) is 29.9 Å². The Hall–Kier alpha value is -2.33. The zero-order valence-electron chi connectivity index (χ0n) is 24.2. The van der Waals surface area contributed by atoms with Gasteiger partial charge in [0.25, 0.3) is 0 Å². The molecule has 1 aromatic heterocycles. The molecule has 2 aromatic rings. The van der Waals surface area contributed by atoms with Crippen LogP contribution in [0.25, 0.3) is 0 Å². The predicted octanol–water partition coefficient (Wildman–Crippen LogP) is 8.86. The van der Waals surface area contributed by atoms with Crippen LogP contribution in [0, 0.1) is 34.0 Å². The van der Waals surface area contributed by atoms with Crippen molar-refractivity contribution in [2.45, 2.75) is 91.8 Å². The van der Waals surface area contributed by atoms with Crippen molar-refractivity contribution in [1.82, 2.24) is 0 Å². The first-order valence-corrected chi connectivity index (χ1v) is 14.6. The molecule has 0 saturated heterocycles. The summed E-state index contributed by atoms with van der Waals surface area (Å²) in [6, 6.07) is 11.5. The van der Waals surface area contributed by atoms with E-state index in [1.165, 1.54) is 37.7 Å². The van der Waals surface area contributed by atoms with Crippen LogP contribution in [0.2, 0.25) is 0 Å². The standard InChI is InChI=1S/C34H46O4/c1-23-13-14-29-33(4,19-15-28-32(2,3)17-10-18-34(28,29)5)26(23)21-27(25-16-20-37-22-25)38-31(35)30(36-6)24-11-8-7-9-12-24/h7-9,11-13,16,20,22,26-30H,10,14-15,17-19,21H2,1-6H3/t26-,27+,28+,29+,30+,33+,34+/m1/s1. The molecule has 0 N–H and O–H groups in total. The quantitative estimate of drug-likeness (QED) is 0.271. The molecule has 3 aliphatic rings. The van der Waals surface area contributed by atoms with Crippen molar-refractivity contribution in [2.24, 2.45) is 34.0 Å². The van der Waals surface area contributed by atoms with E-state index in [0.29, 0.717) is 22.7 Å². The van der Waals surface area contributed by atoms with Crippen molar-refractivity contribution in [3.63, 3.8) is 0 Å². The van der Waals surface area contributed by atoms with Crippen LogP contribution in [0.5, 0.6) is 0 Å². The van der Waals surface area contributed by atoms with E-state index < -0.39 is 6.10 Å². The first-order chi connectivity index (χ1) is 18.1. The molecule has 0 unspecified atom stereocenters. The van der Waals surface area contributed by atoms with Crippen LogP contribution in [-0.2, 0) is 14.3 Å².